The smallest absolute Gasteiger partial charge is 0.423 e. The third-order valence-corrected chi connectivity index (χ3v) is 8.21. The third kappa shape index (κ3) is 7.35. The summed E-state index contributed by atoms with van der Waals surface area (Å²) in [7, 11) is 1.49. The Morgan fingerprint density at radius 2 is 1.71 bits per heavy atom. The summed E-state index contributed by atoms with van der Waals surface area (Å²) < 4.78 is 88.0. The Kier molecular flexibility index (Phi) is 9.03. The second-order valence-electron chi connectivity index (χ2n) is 11.8. The van der Waals surface area contributed by atoms with Crippen molar-refractivity contribution in [2.45, 2.75) is 45.0 Å². The molecule has 1 N–H and O–H groups in total. The molecule has 1 aromatic carbocycles. The number of aromatic nitrogens is 7. The van der Waals surface area contributed by atoms with Crippen LogP contribution in [-0.4, -0.2) is 89.6 Å². The maximum Gasteiger partial charge on any atom is 0.423 e. The molecule has 6 rings (SSSR count). The summed E-state index contributed by atoms with van der Waals surface area (Å²) in [5.41, 5.74) is -3.47. The van der Waals surface area contributed by atoms with Crippen molar-refractivity contribution in [3.63, 3.8) is 0 Å². The number of carbonyl (C=O) groups is 1. The molecule has 0 aliphatic carbocycles. The number of anilines is 1. The minimum Gasteiger partial charge on any atom is -0.497 e. The number of carbonyl (C=O) groups excluding carboxylic acids is 1. The molecule has 3 aromatic heterocycles. The maximum atomic E-state index is 14.1. The summed E-state index contributed by atoms with van der Waals surface area (Å²) in [4.78, 5) is 41.4. The highest BCUT2D eigenvalue weighted by atomic mass is 19.4. The first kappa shape index (κ1) is 33.8. The Balaban J connectivity index is 1.03. The van der Waals surface area contributed by atoms with Crippen molar-refractivity contribution < 1.29 is 35.9 Å². The van der Waals surface area contributed by atoms with Crippen molar-refractivity contribution >= 4 is 11.6 Å². The molecule has 4 aromatic rings. The predicted octanol–water partition coefficient (Wildman–Crippen LogP) is 3.16. The van der Waals surface area contributed by atoms with Gasteiger partial charge in [-0.25, -0.2) is 24.3 Å². The van der Waals surface area contributed by atoms with Crippen molar-refractivity contribution in [3.05, 3.63) is 75.7 Å². The van der Waals surface area contributed by atoms with Crippen LogP contribution in [0.3, 0.4) is 0 Å². The number of benzene rings is 1. The third-order valence-electron chi connectivity index (χ3n) is 8.21. The molecule has 1 fully saturated rings. The van der Waals surface area contributed by atoms with Crippen molar-refractivity contribution in [2.75, 3.05) is 38.6 Å². The molecule has 260 valence electrons. The standard InChI is InChI=1S/C30H30F6N10O3/c1-17(40-22-11-39-45(28(48)24(22)30(34,35)36)13-18-3-5-21(49-2)6-4-18)12-43-14-19(15-43)27(47)44-8-7-23-41-26(42-46(23)16-44)25-37-9-20(10-38-25)29(31,32)33/h3-6,9-11,17,19,40H,7-8,12-16H2,1-2H3/t17-/m0/s1. The zero-order valence-electron chi connectivity index (χ0n) is 26.2. The van der Waals surface area contributed by atoms with Gasteiger partial charge >= 0.3 is 12.4 Å². The second-order valence-corrected chi connectivity index (χ2v) is 11.8. The van der Waals surface area contributed by atoms with E-state index >= 15 is 0 Å². The fourth-order valence-corrected chi connectivity index (χ4v) is 5.72. The number of ether oxygens (including phenoxy) is 1. The van der Waals surface area contributed by atoms with Gasteiger partial charge < -0.3 is 15.0 Å². The van der Waals surface area contributed by atoms with Crippen LogP contribution in [0.25, 0.3) is 11.6 Å². The van der Waals surface area contributed by atoms with Gasteiger partial charge in [-0.3, -0.25) is 14.5 Å². The Morgan fingerprint density at radius 3 is 2.35 bits per heavy atom. The summed E-state index contributed by atoms with van der Waals surface area (Å²) in [6, 6.07) is 6.02. The van der Waals surface area contributed by atoms with Gasteiger partial charge in [-0.15, -0.1) is 5.10 Å². The number of halogens is 6. The number of hydrogen-bond acceptors (Lipinski definition) is 10. The number of rotatable bonds is 9. The summed E-state index contributed by atoms with van der Waals surface area (Å²) >= 11 is 0. The Labute approximate surface area is 274 Å². The summed E-state index contributed by atoms with van der Waals surface area (Å²) in [6.07, 6.45) is -6.83. The predicted molar refractivity (Wildman–Crippen MR) is 160 cm³/mol. The average Bonchev–Trinajstić information content (AvgIpc) is 3.47. The monoisotopic (exact) mass is 692 g/mol. The molecule has 2 aliphatic heterocycles. The molecule has 13 nitrogen and oxygen atoms in total. The molecule has 0 saturated carbocycles. The summed E-state index contributed by atoms with van der Waals surface area (Å²) in [6.45, 7) is 3.03. The number of nitrogens with one attached hydrogen (secondary N) is 1. The van der Waals surface area contributed by atoms with Gasteiger partial charge in [0.2, 0.25) is 11.7 Å². The molecular formula is C30H30F6N10O3. The normalized spacial score (nSPS) is 16.2. The number of alkyl halides is 6. The van der Waals surface area contributed by atoms with Gasteiger partial charge in [0.1, 0.15) is 23.8 Å². The number of likely N-dealkylation sites (tertiary alicyclic amines) is 1. The minimum absolute atomic E-state index is 0.0489. The van der Waals surface area contributed by atoms with Crippen molar-refractivity contribution in [1.82, 2.24) is 44.3 Å². The lowest BCUT2D eigenvalue weighted by Gasteiger charge is -2.42. The highest BCUT2D eigenvalue weighted by Gasteiger charge is 2.40. The van der Waals surface area contributed by atoms with Crippen molar-refractivity contribution in [1.29, 1.82) is 0 Å². The SMILES string of the molecule is COc1ccc(Cn2ncc(N[C@@H](C)CN3CC(C(=O)N4CCc5nc(-c6ncc(C(F)(F)F)cn6)nn5C4)C3)c(C(F)(F)F)c2=O)cc1. The van der Waals surface area contributed by atoms with Crippen LogP contribution in [0.2, 0.25) is 0 Å². The van der Waals surface area contributed by atoms with Crippen LogP contribution in [-0.2, 0) is 36.8 Å². The topological polar surface area (TPSA) is 136 Å². The lowest BCUT2D eigenvalue weighted by atomic mass is 9.97. The van der Waals surface area contributed by atoms with E-state index in [1.165, 1.54) is 11.8 Å². The van der Waals surface area contributed by atoms with Crippen LogP contribution >= 0.6 is 0 Å². The maximum absolute atomic E-state index is 14.1. The van der Waals surface area contributed by atoms with Gasteiger partial charge in [0, 0.05) is 51.0 Å². The lowest BCUT2D eigenvalue weighted by Crippen LogP contribution is -2.57. The fraction of sp³-hybridized carbons (Fsp3) is 0.433. The first-order valence-corrected chi connectivity index (χ1v) is 15.1. The van der Waals surface area contributed by atoms with Gasteiger partial charge in [-0.1, -0.05) is 12.1 Å². The number of amides is 1. The van der Waals surface area contributed by atoms with Gasteiger partial charge in [-0.2, -0.15) is 31.4 Å². The molecule has 0 spiro atoms. The highest BCUT2D eigenvalue weighted by Crippen LogP contribution is 2.33. The molecule has 0 unspecified atom stereocenters. The molecular weight excluding hydrogens is 662 g/mol. The first-order chi connectivity index (χ1) is 23.2. The number of nitrogens with zero attached hydrogens (tertiary/aromatic N) is 9. The van der Waals surface area contributed by atoms with E-state index < -0.39 is 40.8 Å². The molecule has 19 heteroatoms. The van der Waals surface area contributed by atoms with Crippen LogP contribution in [0, 0.1) is 5.92 Å². The van der Waals surface area contributed by atoms with E-state index in [-0.39, 0.29) is 36.7 Å². The van der Waals surface area contributed by atoms with Gasteiger partial charge in [-0.05, 0) is 24.6 Å². The van der Waals surface area contributed by atoms with Crippen LogP contribution in [0.1, 0.15) is 29.4 Å². The van der Waals surface area contributed by atoms with E-state index in [4.69, 9.17) is 4.74 Å². The second kappa shape index (κ2) is 13.1. The highest BCUT2D eigenvalue weighted by molar-refractivity contribution is 5.80. The zero-order chi connectivity index (χ0) is 35.1. The lowest BCUT2D eigenvalue weighted by molar-refractivity contribution is -0.144. The molecule has 2 aliphatic rings. The molecule has 1 atom stereocenters. The molecule has 5 heterocycles. The van der Waals surface area contributed by atoms with Crippen molar-refractivity contribution in [2.24, 2.45) is 5.92 Å². The number of fused-ring (bicyclic) bond motifs is 1. The van der Waals surface area contributed by atoms with Gasteiger partial charge in [0.05, 0.1) is 37.0 Å². The molecule has 1 amide bonds. The van der Waals surface area contributed by atoms with E-state index in [1.54, 1.807) is 36.1 Å². The molecule has 0 radical (unpaired) electrons. The van der Waals surface area contributed by atoms with Gasteiger partial charge in [0.25, 0.3) is 5.56 Å². The zero-order valence-corrected chi connectivity index (χ0v) is 26.2. The van der Waals surface area contributed by atoms with Gasteiger partial charge in [0.15, 0.2) is 5.82 Å². The minimum atomic E-state index is -4.93. The summed E-state index contributed by atoms with van der Waals surface area (Å²) in [5, 5.41) is 11.0. The summed E-state index contributed by atoms with van der Waals surface area (Å²) in [5.74, 6) is 0.609. The first-order valence-electron chi connectivity index (χ1n) is 15.1. The van der Waals surface area contributed by atoms with Crippen LogP contribution in [0.5, 0.6) is 5.75 Å². The number of methoxy groups -OCH3 is 1. The molecule has 0 bridgehead atoms. The van der Waals surface area contributed by atoms with E-state index in [0.29, 0.717) is 62.1 Å². The van der Waals surface area contributed by atoms with E-state index in [9.17, 15) is 35.9 Å². The van der Waals surface area contributed by atoms with Crippen molar-refractivity contribution in [3.8, 4) is 17.4 Å². The molecule has 1 saturated heterocycles. The van der Waals surface area contributed by atoms with Crippen LogP contribution < -0.4 is 15.6 Å². The Morgan fingerprint density at radius 1 is 1.02 bits per heavy atom. The van der Waals surface area contributed by atoms with E-state index in [2.05, 4.69) is 30.5 Å². The average molecular weight is 693 g/mol. The largest absolute Gasteiger partial charge is 0.497 e. The van der Waals surface area contributed by atoms with E-state index in [1.807, 2.05) is 4.90 Å². The Hall–Kier alpha value is -5.07. The fourth-order valence-electron chi connectivity index (χ4n) is 5.72. The quantitative estimate of drug-likeness (QED) is 0.261. The Bertz CT molecular complexity index is 1870. The van der Waals surface area contributed by atoms with Crippen LogP contribution in [0.15, 0.2) is 47.7 Å². The number of hydrogen-bond donors (Lipinski definition) is 1. The van der Waals surface area contributed by atoms with Crippen LogP contribution in [0.4, 0.5) is 32.0 Å². The van der Waals surface area contributed by atoms with E-state index in [0.717, 1.165) is 10.9 Å². The molecule has 49 heavy (non-hydrogen) atoms.